The molecular formula is C20H27N3O4S. The van der Waals surface area contributed by atoms with E-state index in [1.807, 2.05) is 43.3 Å². The number of amides is 1. The van der Waals surface area contributed by atoms with Crippen LogP contribution in [0, 0.1) is 0 Å². The molecule has 0 aromatic heterocycles. The van der Waals surface area contributed by atoms with Crippen molar-refractivity contribution in [2.75, 3.05) is 41.3 Å². The van der Waals surface area contributed by atoms with Gasteiger partial charge in [0.05, 0.1) is 24.6 Å². The van der Waals surface area contributed by atoms with E-state index in [-0.39, 0.29) is 23.4 Å². The molecule has 8 heteroatoms. The maximum absolute atomic E-state index is 12.5. The number of rotatable bonds is 9. The molecule has 0 aliphatic heterocycles. The van der Waals surface area contributed by atoms with Gasteiger partial charge in [-0.25, -0.2) is 8.42 Å². The third-order valence-electron chi connectivity index (χ3n) is 4.41. The molecule has 1 N–H and O–H groups in total. The summed E-state index contributed by atoms with van der Waals surface area (Å²) >= 11 is 0. The van der Waals surface area contributed by atoms with Crippen LogP contribution in [0.5, 0.6) is 5.75 Å². The van der Waals surface area contributed by atoms with Crippen molar-refractivity contribution in [3.8, 4) is 5.75 Å². The van der Waals surface area contributed by atoms with Crippen LogP contribution in [0.1, 0.15) is 11.6 Å². The van der Waals surface area contributed by atoms with Crippen molar-refractivity contribution in [3.05, 3.63) is 60.2 Å². The molecule has 0 fully saturated rings. The summed E-state index contributed by atoms with van der Waals surface area (Å²) in [5.41, 5.74) is 0.995. The molecule has 0 bridgehead atoms. The Morgan fingerprint density at radius 2 is 1.75 bits per heavy atom. The molecule has 2 aromatic rings. The van der Waals surface area contributed by atoms with E-state index >= 15 is 0 Å². The first-order valence-electron chi connectivity index (χ1n) is 8.84. The van der Waals surface area contributed by atoms with Gasteiger partial charge in [0.15, 0.2) is 0 Å². The number of sulfonamides is 1. The first-order valence-corrected chi connectivity index (χ1v) is 10.3. The van der Waals surface area contributed by atoms with Crippen molar-refractivity contribution >= 4 is 15.9 Å². The minimum absolute atomic E-state index is 0.0740. The van der Waals surface area contributed by atoms with Gasteiger partial charge in [-0.05, 0) is 43.9 Å². The van der Waals surface area contributed by atoms with Gasteiger partial charge in [-0.15, -0.1) is 0 Å². The number of nitrogens with zero attached hydrogens (tertiary/aromatic N) is 2. The summed E-state index contributed by atoms with van der Waals surface area (Å²) in [4.78, 5) is 14.5. The lowest BCUT2D eigenvalue weighted by molar-refractivity contribution is -0.121. The third kappa shape index (κ3) is 5.54. The molecule has 1 amide bonds. The number of hydrogen-bond acceptors (Lipinski definition) is 5. The van der Waals surface area contributed by atoms with Crippen LogP contribution in [0.2, 0.25) is 0 Å². The predicted molar refractivity (Wildman–Crippen MR) is 109 cm³/mol. The van der Waals surface area contributed by atoms with Gasteiger partial charge in [0, 0.05) is 13.6 Å². The molecule has 0 saturated carbocycles. The molecule has 0 radical (unpaired) electrons. The largest absolute Gasteiger partial charge is 0.497 e. The van der Waals surface area contributed by atoms with Crippen LogP contribution in [-0.4, -0.2) is 64.9 Å². The predicted octanol–water partition coefficient (Wildman–Crippen LogP) is 1.73. The van der Waals surface area contributed by atoms with Crippen LogP contribution in [0.3, 0.4) is 0 Å². The van der Waals surface area contributed by atoms with Crippen LogP contribution >= 0.6 is 0 Å². The normalized spacial score (nSPS) is 12.8. The van der Waals surface area contributed by atoms with E-state index in [0.717, 1.165) is 15.6 Å². The first-order chi connectivity index (χ1) is 13.3. The second kappa shape index (κ2) is 9.68. The standard InChI is InChI=1S/C20H27N3O4S/c1-22(2)19(16-9-8-10-17(13-16)27-4)14-21-20(24)15-23(3)28(25,26)18-11-6-5-7-12-18/h5-13,19H,14-15H2,1-4H3,(H,21,24). The summed E-state index contributed by atoms with van der Waals surface area (Å²) in [7, 11) is 3.14. The SMILES string of the molecule is COc1cccc(C(CNC(=O)CN(C)S(=O)(=O)c2ccccc2)N(C)C)c1. The lowest BCUT2D eigenvalue weighted by atomic mass is 10.1. The van der Waals surface area contributed by atoms with Gasteiger partial charge in [-0.3, -0.25) is 4.79 Å². The molecular weight excluding hydrogens is 378 g/mol. The number of likely N-dealkylation sites (N-methyl/N-ethyl adjacent to an activating group) is 2. The van der Waals surface area contributed by atoms with E-state index in [4.69, 9.17) is 4.74 Å². The van der Waals surface area contributed by atoms with Crippen LogP contribution < -0.4 is 10.1 Å². The number of ether oxygens (including phenoxy) is 1. The van der Waals surface area contributed by atoms with E-state index in [1.165, 1.54) is 19.2 Å². The zero-order chi connectivity index (χ0) is 20.7. The maximum Gasteiger partial charge on any atom is 0.243 e. The van der Waals surface area contributed by atoms with Crippen LogP contribution in [-0.2, 0) is 14.8 Å². The van der Waals surface area contributed by atoms with Crippen molar-refractivity contribution in [3.63, 3.8) is 0 Å². The summed E-state index contributed by atoms with van der Waals surface area (Å²) in [5, 5.41) is 2.83. The van der Waals surface area contributed by atoms with Crippen molar-refractivity contribution in [2.45, 2.75) is 10.9 Å². The Labute approximate surface area is 167 Å². The van der Waals surface area contributed by atoms with Crippen molar-refractivity contribution in [1.29, 1.82) is 0 Å². The van der Waals surface area contributed by atoms with Gasteiger partial charge in [0.2, 0.25) is 15.9 Å². The lowest BCUT2D eigenvalue weighted by Crippen LogP contribution is -2.41. The van der Waals surface area contributed by atoms with E-state index in [1.54, 1.807) is 25.3 Å². The van der Waals surface area contributed by atoms with Gasteiger partial charge in [-0.1, -0.05) is 30.3 Å². The minimum atomic E-state index is -3.70. The quantitative estimate of drug-likeness (QED) is 0.687. The van der Waals surface area contributed by atoms with E-state index in [0.29, 0.717) is 6.54 Å². The van der Waals surface area contributed by atoms with Crippen molar-refractivity contribution in [1.82, 2.24) is 14.5 Å². The second-order valence-electron chi connectivity index (χ2n) is 6.63. The van der Waals surface area contributed by atoms with Gasteiger partial charge in [0.25, 0.3) is 0 Å². The molecule has 2 rings (SSSR count). The molecule has 0 saturated heterocycles. The highest BCUT2D eigenvalue weighted by molar-refractivity contribution is 7.89. The summed E-state index contributed by atoms with van der Waals surface area (Å²) < 4.78 is 31.4. The summed E-state index contributed by atoms with van der Waals surface area (Å²) in [6.45, 7) is 0.0910. The fraction of sp³-hybridized carbons (Fsp3) is 0.350. The topological polar surface area (TPSA) is 79.0 Å². The Hall–Kier alpha value is -2.42. The smallest absolute Gasteiger partial charge is 0.243 e. The highest BCUT2D eigenvalue weighted by Gasteiger charge is 2.23. The average Bonchev–Trinajstić information content (AvgIpc) is 2.68. The maximum atomic E-state index is 12.5. The molecule has 1 unspecified atom stereocenters. The number of carbonyl (C=O) groups is 1. The fourth-order valence-corrected chi connectivity index (χ4v) is 3.92. The van der Waals surface area contributed by atoms with E-state index < -0.39 is 10.0 Å². The highest BCUT2D eigenvalue weighted by Crippen LogP contribution is 2.22. The molecule has 152 valence electrons. The summed E-state index contributed by atoms with van der Waals surface area (Å²) in [5.74, 6) is 0.376. The van der Waals surface area contributed by atoms with Gasteiger partial charge in [0.1, 0.15) is 5.75 Å². The Balaban J connectivity index is 2.01. The lowest BCUT2D eigenvalue weighted by Gasteiger charge is -2.26. The minimum Gasteiger partial charge on any atom is -0.497 e. The number of methoxy groups -OCH3 is 1. The van der Waals surface area contributed by atoms with Crippen LogP contribution in [0.25, 0.3) is 0 Å². The van der Waals surface area contributed by atoms with E-state index in [2.05, 4.69) is 5.32 Å². The van der Waals surface area contributed by atoms with Gasteiger partial charge in [-0.2, -0.15) is 4.31 Å². The molecule has 0 aliphatic carbocycles. The van der Waals surface area contributed by atoms with Crippen LogP contribution in [0.15, 0.2) is 59.5 Å². The number of nitrogens with one attached hydrogen (secondary N) is 1. The first kappa shape index (κ1) is 21.9. The Bertz CT molecular complexity index is 885. The van der Waals surface area contributed by atoms with E-state index in [9.17, 15) is 13.2 Å². The highest BCUT2D eigenvalue weighted by atomic mass is 32.2. The van der Waals surface area contributed by atoms with Gasteiger partial charge >= 0.3 is 0 Å². The summed E-state index contributed by atoms with van der Waals surface area (Å²) in [6, 6.07) is 15.6. The molecule has 7 nitrogen and oxygen atoms in total. The third-order valence-corrected chi connectivity index (χ3v) is 6.23. The molecule has 0 heterocycles. The second-order valence-corrected chi connectivity index (χ2v) is 8.68. The molecule has 1 atom stereocenters. The van der Waals surface area contributed by atoms with Crippen LogP contribution in [0.4, 0.5) is 0 Å². The number of carbonyl (C=O) groups excluding carboxylic acids is 1. The molecule has 0 aliphatic rings. The number of benzene rings is 2. The van der Waals surface area contributed by atoms with Crippen molar-refractivity contribution in [2.24, 2.45) is 0 Å². The zero-order valence-corrected chi connectivity index (χ0v) is 17.4. The monoisotopic (exact) mass is 405 g/mol. The average molecular weight is 406 g/mol. The van der Waals surface area contributed by atoms with Gasteiger partial charge < -0.3 is 15.0 Å². The molecule has 0 spiro atoms. The fourth-order valence-electron chi connectivity index (χ4n) is 2.77. The summed E-state index contributed by atoms with van der Waals surface area (Å²) in [6.07, 6.45) is 0. The zero-order valence-electron chi connectivity index (χ0n) is 16.6. The molecule has 28 heavy (non-hydrogen) atoms. The number of hydrogen-bond donors (Lipinski definition) is 1. The Morgan fingerprint density at radius 3 is 2.36 bits per heavy atom. The Kier molecular flexibility index (Phi) is 7.56. The Morgan fingerprint density at radius 1 is 1.07 bits per heavy atom. The van der Waals surface area contributed by atoms with Crippen molar-refractivity contribution < 1.29 is 17.9 Å². The molecule has 2 aromatic carbocycles.